The number of fused-ring (bicyclic) bond motifs is 1. The largest absolute Gasteiger partial charge is 0.375 e. The Morgan fingerprint density at radius 2 is 1.82 bits per heavy atom. The first kappa shape index (κ1) is 13.5. The molecule has 0 saturated carbocycles. The highest BCUT2D eigenvalue weighted by Crippen LogP contribution is 2.35. The van der Waals surface area contributed by atoms with Crippen molar-refractivity contribution in [3.8, 4) is 10.6 Å². The summed E-state index contributed by atoms with van der Waals surface area (Å²) in [5.74, 6) is 0. The number of thiophene rings is 1. The SMILES string of the molecule is Nc1nc(-c2cccs2)c(Cc2cccc3ccccc23)s1. The second-order valence-corrected chi connectivity index (χ2v) is 7.18. The summed E-state index contributed by atoms with van der Waals surface area (Å²) < 4.78 is 0. The van der Waals surface area contributed by atoms with Crippen molar-refractivity contribution in [3.63, 3.8) is 0 Å². The van der Waals surface area contributed by atoms with Crippen LogP contribution in [0.25, 0.3) is 21.3 Å². The van der Waals surface area contributed by atoms with E-state index in [0.29, 0.717) is 5.13 Å². The molecule has 4 rings (SSSR count). The van der Waals surface area contributed by atoms with E-state index >= 15 is 0 Å². The van der Waals surface area contributed by atoms with Crippen molar-refractivity contribution in [1.82, 2.24) is 4.98 Å². The topological polar surface area (TPSA) is 38.9 Å². The molecule has 0 aliphatic heterocycles. The standard InChI is InChI=1S/C18H14N2S2/c19-18-20-17(15-9-4-10-21-15)16(22-18)11-13-7-3-6-12-5-1-2-8-14(12)13/h1-10H,11H2,(H2,19,20). The molecule has 22 heavy (non-hydrogen) atoms. The van der Waals surface area contributed by atoms with Crippen molar-refractivity contribution in [3.05, 3.63) is 70.4 Å². The van der Waals surface area contributed by atoms with E-state index in [0.717, 1.165) is 12.1 Å². The third-order valence-corrected chi connectivity index (χ3v) is 5.46. The third-order valence-electron chi connectivity index (χ3n) is 3.70. The van der Waals surface area contributed by atoms with Gasteiger partial charge < -0.3 is 5.73 Å². The molecule has 2 aromatic carbocycles. The van der Waals surface area contributed by atoms with Crippen LogP contribution in [0, 0.1) is 0 Å². The minimum Gasteiger partial charge on any atom is -0.375 e. The monoisotopic (exact) mass is 322 g/mol. The Morgan fingerprint density at radius 3 is 2.68 bits per heavy atom. The first-order chi connectivity index (χ1) is 10.8. The Hall–Kier alpha value is -2.17. The zero-order chi connectivity index (χ0) is 14.9. The number of nitrogens with two attached hydrogens (primary N) is 1. The molecule has 108 valence electrons. The fourth-order valence-electron chi connectivity index (χ4n) is 2.72. The quantitative estimate of drug-likeness (QED) is 0.563. The Balaban J connectivity index is 1.81. The van der Waals surface area contributed by atoms with Gasteiger partial charge in [0.25, 0.3) is 0 Å². The van der Waals surface area contributed by atoms with Crippen LogP contribution in [0.2, 0.25) is 0 Å². The van der Waals surface area contributed by atoms with Gasteiger partial charge in [-0.15, -0.1) is 22.7 Å². The van der Waals surface area contributed by atoms with Gasteiger partial charge in [-0.2, -0.15) is 0 Å². The molecule has 0 spiro atoms. The molecule has 0 aliphatic carbocycles. The van der Waals surface area contributed by atoms with Crippen LogP contribution >= 0.6 is 22.7 Å². The molecule has 0 atom stereocenters. The minimum absolute atomic E-state index is 0.638. The number of nitrogen functional groups attached to an aromatic ring is 1. The fourth-order valence-corrected chi connectivity index (χ4v) is 4.39. The van der Waals surface area contributed by atoms with Gasteiger partial charge in [0.15, 0.2) is 5.13 Å². The summed E-state index contributed by atoms with van der Waals surface area (Å²) in [6.45, 7) is 0. The van der Waals surface area contributed by atoms with Gasteiger partial charge in [-0.25, -0.2) is 4.98 Å². The van der Waals surface area contributed by atoms with Crippen LogP contribution in [-0.4, -0.2) is 4.98 Å². The lowest BCUT2D eigenvalue weighted by Crippen LogP contribution is -1.89. The number of aromatic nitrogens is 1. The molecule has 0 saturated heterocycles. The molecule has 4 aromatic rings. The van der Waals surface area contributed by atoms with E-state index in [2.05, 4.69) is 65.0 Å². The van der Waals surface area contributed by atoms with Crippen LogP contribution in [0.15, 0.2) is 60.0 Å². The third kappa shape index (κ3) is 2.40. The van der Waals surface area contributed by atoms with Crippen LogP contribution in [0.1, 0.15) is 10.4 Å². The highest BCUT2D eigenvalue weighted by atomic mass is 32.1. The molecule has 0 unspecified atom stereocenters. The van der Waals surface area contributed by atoms with Crippen molar-refractivity contribution in [1.29, 1.82) is 0 Å². The van der Waals surface area contributed by atoms with E-state index in [1.807, 2.05) is 0 Å². The van der Waals surface area contributed by atoms with Crippen LogP contribution in [0.4, 0.5) is 5.13 Å². The number of benzene rings is 2. The van der Waals surface area contributed by atoms with E-state index in [1.54, 1.807) is 22.7 Å². The summed E-state index contributed by atoms with van der Waals surface area (Å²) in [5.41, 5.74) is 8.32. The summed E-state index contributed by atoms with van der Waals surface area (Å²) in [6.07, 6.45) is 0.865. The summed E-state index contributed by atoms with van der Waals surface area (Å²) in [6, 6.07) is 19.1. The van der Waals surface area contributed by atoms with Gasteiger partial charge >= 0.3 is 0 Å². The Morgan fingerprint density at radius 1 is 0.955 bits per heavy atom. The Kier molecular flexibility index (Phi) is 3.41. The number of thiazole rings is 1. The highest BCUT2D eigenvalue weighted by molar-refractivity contribution is 7.17. The summed E-state index contributed by atoms with van der Waals surface area (Å²) in [5, 5.41) is 5.29. The van der Waals surface area contributed by atoms with Gasteiger partial charge in [-0.1, -0.05) is 48.5 Å². The van der Waals surface area contributed by atoms with Gasteiger partial charge in [0.2, 0.25) is 0 Å². The average molecular weight is 322 g/mol. The van der Waals surface area contributed by atoms with E-state index in [4.69, 9.17) is 5.73 Å². The van der Waals surface area contributed by atoms with Gasteiger partial charge in [0, 0.05) is 11.3 Å². The molecule has 2 heterocycles. The van der Waals surface area contributed by atoms with Crippen molar-refractivity contribution >= 4 is 38.6 Å². The Labute approximate surface area is 136 Å². The molecule has 0 fully saturated rings. The lowest BCUT2D eigenvalue weighted by molar-refractivity contribution is 1.25. The van der Waals surface area contributed by atoms with Gasteiger partial charge in [-0.3, -0.25) is 0 Å². The van der Waals surface area contributed by atoms with E-state index < -0.39 is 0 Å². The first-order valence-corrected chi connectivity index (χ1v) is 8.76. The minimum atomic E-state index is 0.638. The van der Waals surface area contributed by atoms with Crippen LogP contribution in [-0.2, 0) is 6.42 Å². The van der Waals surface area contributed by atoms with E-state index in [1.165, 1.54) is 26.1 Å². The highest BCUT2D eigenvalue weighted by Gasteiger charge is 2.14. The van der Waals surface area contributed by atoms with Crippen molar-refractivity contribution < 1.29 is 0 Å². The zero-order valence-corrected chi connectivity index (χ0v) is 13.5. The summed E-state index contributed by atoms with van der Waals surface area (Å²) >= 11 is 3.30. The molecule has 4 heteroatoms. The lowest BCUT2D eigenvalue weighted by Gasteiger charge is -2.06. The molecule has 2 nitrogen and oxygen atoms in total. The van der Waals surface area contributed by atoms with Crippen molar-refractivity contribution in [2.24, 2.45) is 0 Å². The summed E-state index contributed by atoms with van der Waals surface area (Å²) in [4.78, 5) is 6.95. The van der Waals surface area contributed by atoms with Crippen LogP contribution < -0.4 is 5.73 Å². The van der Waals surface area contributed by atoms with Gasteiger partial charge in [-0.05, 0) is 27.8 Å². The zero-order valence-electron chi connectivity index (χ0n) is 11.8. The molecule has 2 aromatic heterocycles. The van der Waals surface area contributed by atoms with Crippen molar-refractivity contribution in [2.75, 3.05) is 5.73 Å². The second kappa shape index (κ2) is 5.55. The molecular formula is C18H14N2S2. The molecular weight excluding hydrogens is 308 g/mol. The molecule has 0 amide bonds. The van der Waals surface area contributed by atoms with Crippen LogP contribution in [0.3, 0.4) is 0 Å². The summed E-state index contributed by atoms with van der Waals surface area (Å²) in [7, 11) is 0. The van der Waals surface area contributed by atoms with E-state index in [-0.39, 0.29) is 0 Å². The number of anilines is 1. The van der Waals surface area contributed by atoms with Crippen LogP contribution in [0.5, 0.6) is 0 Å². The normalized spacial score (nSPS) is 11.1. The lowest BCUT2D eigenvalue weighted by atomic mass is 10.0. The molecule has 0 aliphatic rings. The Bertz CT molecular complexity index is 918. The number of nitrogens with zero attached hydrogens (tertiary/aromatic N) is 1. The fraction of sp³-hybridized carbons (Fsp3) is 0.0556. The number of hydrogen-bond acceptors (Lipinski definition) is 4. The van der Waals surface area contributed by atoms with Gasteiger partial charge in [0.1, 0.15) is 0 Å². The first-order valence-electron chi connectivity index (χ1n) is 7.07. The van der Waals surface area contributed by atoms with Crippen molar-refractivity contribution in [2.45, 2.75) is 6.42 Å². The van der Waals surface area contributed by atoms with Gasteiger partial charge in [0.05, 0.1) is 10.6 Å². The predicted molar refractivity (Wildman–Crippen MR) is 96.6 cm³/mol. The predicted octanol–water partition coefficient (Wildman–Crippen LogP) is 5.20. The smallest absolute Gasteiger partial charge is 0.180 e. The maximum Gasteiger partial charge on any atom is 0.180 e. The molecule has 0 bridgehead atoms. The number of rotatable bonds is 3. The van der Waals surface area contributed by atoms with E-state index in [9.17, 15) is 0 Å². The maximum absolute atomic E-state index is 5.96. The molecule has 0 radical (unpaired) electrons. The second-order valence-electron chi connectivity index (χ2n) is 5.12. The maximum atomic E-state index is 5.96. The number of hydrogen-bond donors (Lipinski definition) is 1. The average Bonchev–Trinajstić information content (AvgIpc) is 3.17. The molecule has 2 N–H and O–H groups in total.